The van der Waals surface area contributed by atoms with Crippen LogP contribution < -0.4 is 0 Å². The van der Waals surface area contributed by atoms with Crippen LogP contribution in [-0.4, -0.2) is 47.3 Å². The van der Waals surface area contributed by atoms with Crippen molar-refractivity contribution < 1.29 is 9.59 Å². The maximum Gasteiger partial charge on any atom is 0.222 e. The van der Waals surface area contributed by atoms with Crippen LogP contribution in [0.25, 0.3) is 0 Å². The van der Waals surface area contributed by atoms with Crippen LogP contribution in [0.4, 0.5) is 0 Å². The molecule has 124 valence electrons. The molecule has 2 heterocycles. The number of hydrogen-bond acceptors (Lipinski definition) is 2. The molecule has 0 aromatic heterocycles. The molecule has 3 rings (SSSR count). The fraction of sp³-hybridized carbons (Fsp3) is 0.579. The Hall–Kier alpha value is -1.84. The number of rotatable bonds is 3. The van der Waals surface area contributed by atoms with E-state index in [0.29, 0.717) is 19.4 Å². The summed E-state index contributed by atoms with van der Waals surface area (Å²) < 4.78 is 0. The SMILES string of the molecule is CN1C(=O)CCC[C@@]12CCCN(C(=O)CCc1ccccc1)C2. The quantitative estimate of drug-likeness (QED) is 0.860. The van der Waals surface area contributed by atoms with Crippen molar-refractivity contribution in [1.29, 1.82) is 0 Å². The second-order valence-corrected chi connectivity index (χ2v) is 6.94. The zero-order valence-electron chi connectivity index (χ0n) is 14.0. The molecule has 0 radical (unpaired) electrons. The zero-order valence-corrected chi connectivity index (χ0v) is 14.0. The Morgan fingerprint density at radius 1 is 1.17 bits per heavy atom. The van der Waals surface area contributed by atoms with E-state index in [0.717, 1.165) is 38.6 Å². The first-order chi connectivity index (χ1) is 11.1. The third-order valence-electron chi connectivity index (χ3n) is 5.50. The molecule has 2 saturated heterocycles. The molecular formula is C19H26N2O2. The third-order valence-corrected chi connectivity index (χ3v) is 5.50. The largest absolute Gasteiger partial charge is 0.340 e. The third kappa shape index (κ3) is 3.41. The van der Waals surface area contributed by atoms with Gasteiger partial charge in [0.25, 0.3) is 0 Å². The normalized spacial score (nSPS) is 25.0. The molecule has 2 amide bonds. The molecule has 23 heavy (non-hydrogen) atoms. The Labute approximate surface area is 138 Å². The number of nitrogens with zero attached hydrogens (tertiary/aromatic N) is 2. The summed E-state index contributed by atoms with van der Waals surface area (Å²) >= 11 is 0. The maximum atomic E-state index is 12.6. The van der Waals surface area contributed by atoms with Crippen molar-refractivity contribution >= 4 is 11.8 Å². The minimum Gasteiger partial charge on any atom is -0.340 e. The first kappa shape index (κ1) is 16.0. The Morgan fingerprint density at radius 3 is 2.70 bits per heavy atom. The van der Waals surface area contributed by atoms with Crippen LogP contribution in [0.5, 0.6) is 0 Å². The molecule has 1 aromatic rings. The summed E-state index contributed by atoms with van der Waals surface area (Å²) in [5.41, 5.74) is 1.09. The van der Waals surface area contributed by atoms with Gasteiger partial charge in [0, 0.05) is 33.0 Å². The van der Waals surface area contributed by atoms with Crippen LogP contribution in [0, 0.1) is 0 Å². The number of piperidine rings is 2. The fourth-order valence-electron chi connectivity index (χ4n) is 4.03. The van der Waals surface area contributed by atoms with E-state index in [4.69, 9.17) is 0 Å². The molecule has 4 nitrogen and oxygen atoms in total. The zero-order chi connectivity index (χ0) is 16.3. The van der Waals surface area contributed by atoms with Crippen molar-refractivity contribution in [3.63, 3.8) is 0 Å². The second-order valence-electron chi connectivity index (χ2n) is 6.94. The van der Waals surface area contributed by atoms with Gasteiger partial charge in [0.05, 0.1) is 5.54 Å². The van der Waals surface area contributed by atoms with Gasteiger partial charge in [-0.25, -0.2) is 0 Å². The van der Waals surface area contributed by atoms with E-state index >= 15 is 0 Å². The van der Waals surface area contributed by atoms with Crippen molar-refractivity contribution in [3.8, 4) is 0 Å². The topological polar surface area (TPSA) is 40.6 Å². The molecule has 2 fully saturated rings. The van der Waals surface area contributed by atoms with Crippen molar-refractivity contribution in [2.45, 2.75) is 50.5 Å². The second kappa shape index (κ2) is 6.73. The molecule has 0 bridgehead atoms. The van der Waals surface area contributed by atoms with Crippen molar-refractivity contribution in [3.05, 3.63) is 35.9 Å². The Balaban J connectivity index is 1.61. The molecule has 2 aliphatic rings. The first-order valence-electron chi connectivity index (χ1n) is 8.69. The van der Waals surface area contributed by atoms with Crippen LogP contribution in [0.2, 0.25) is 0 Å². The lowest BCUT2D eigenvalue weighted by atomic mass is 9.80. The van der Waals surface area contributed by atoms with Gasteiger partial charge in [-0.05, 0) is 37.7 Å². The predicted octanol–water partition coefficient (Wildman–Crippen LogP) is 2.62. The van der Waals surface area contributed by atoms with E-state index in [-0.39, 0.29) is 17.4 Å². The highest BCUT2D eigenvalue weighted by atomic mass is 16.2. The molecule has 1 aromatic carbocycles. The van der Waals surface area contributed by atoms with Crippen LogP contribution in [0.3, 0.4) is 0 Å². The van der Waals surface area contributed by atoms with Gasteiger partial charge in [0.1, 0.15) is 0 Å². The highest BCUT2D eigenvalue weighted by Gasteiger charge is 2.44. The van der Waals surface area contributed by atoms with Crippen LogP contribution in [-0.2, 0) is 16.0 Å². The van der Waals surface area contributed by atoms with Gasteiger partial charge in [-0.2, -0.15) is 0 Å². The van der Waals surface area contributed by atoms with Gasteiger partial charge >= 0.3 is 0 Å². The number of amides is 2. The number of aryl methyl sites for hydroxylation is 1. The van der Waals surface area contributed by atoms with E-state index in [1.807, 2.05) is 35.0 Å². The van der Waals surface area contributed by atoms with E-state index in [1.165, 1.54) is 5.56 Å². The Morgan fingerprint density at radius 2 is 1.91 bits per heavy atom. The van der Waals surface area contributed by atoms with Gasteiger partial charge in [-0.15, -0.1) is 0 Å². The average molecular weight is 314 g/mol. The summed E-state index contributed by atoms with van der Waals surface area (Å²) in [6, 6.07) is 10.2. The fourth-order valence-corrected chi connectivity index (χ4v) is 4.03. The summed E-state index contributed by atoms with van der Waals surface area (Å²) in [7, 11) is 1.92. The highest BCUT2D eigenvalue weighted by Crippen LogP contribution is 2.35. The number of likely N-dealkylation sites (N-methyl/N-ethyl adjacent to an activating group) is 1. The predicted molar refractivity (Wildman–Crippen MR) is 89.9 cm³/mol. The van der Waals surface area contributed by atoms with Crippen molar-refractivity contribution in [2.75, 3.05) is 20.1 Å². The number of hydrogen-bond donors (Lipinski definition) is 0. The number of likely N-dealkylation sites (tertiary alicyclic amines) is 2. The number of carbonyl (C=O) groups excluding carboxylic acids is 2. The minimum absolute atomic E-state index is 0.115. The summed E-state index contributed by atoms with van der Waals surface area (Å²) in [4.78, 5) is 28.6. The van der Waals surface area contributed by atoms with Gasteiger partial charge in [0.2, 0.25) is 11.8 Å². The van der Waals surface area contributed by atoms with Gasteiger partial charge in [-0.1, -0.05) is 30.3 Å². The monoisotopic (exact) mass is 314 g/mol. The van der Waals surface area contributed by atoms with E-state index in [1.54, 1.807) is 0 Å². The molecule has 0 N–H and O–H groups in total. The highest BCUT2D eigenvalue weighted by molar-refractivity contribution is 5.79. The first-order valence-corrected chi connectivity index (χ1v) is 8.69. The average Bonchev–Trinajstić information content (AvgIpc) is 2.59. The van der Waals surface area contributed by atoms with Gasteiger partial charge in [-0.3, -0.25) is 9.59 Å². The molecule has 2 aliphatic heterocycles. The van der Waals surface area contributed by atoms with E-state index < -0.39 is 0 Å². The molecule has 0 saturated carbocycles. The van der Waals surface area contributed by atoms with Crippen LogP contribution >= 0.6 is 0 Å². The van der Waals surface area contributed by atoms with Crippen LogP contribution in [0.15, 0.2) is 30.3 Å². The lowest BCUT2D eigenvalue weighted by molar-refractivity contribution is -0.148. The van der Waals surface area contributed by atoms with Crippen LogP contribution in [0.1, 0.15) is 44.1 Å². The van der Waals surface area contributed by atoms with E-state index in [9.17, 15) is 9.59 Å². The number of benzene rings is 1. The standard InChI is InChI=1S/C19H26N2O2/c1-20-17(22)9-5-12-19(20)13-6-14-21(15-19)18(23)11-10-16-7-3-2-4-8-16/h2-4,7-8H,5-6,9-15H2,1H3/t19-/m0/s1. The molecule has 1 spiro atoms. The summed E-state index contributed by atoms with van der Waals surface area (Å²) in [5.74, 6) is 0.453. The van der Waals surface area contributed by atoms with Gasteiger partial charge in [0.15, 0.2) is 0 Å². The smallest absolute Gasteiger partial charge is 0.222 e. The molecule has 4 heteroatoms. The summed E-state index contributed by atoms with van der Waals surface area (Å²) in [6.45, 7) is 1.54. The molecule has 1 atom stereocenters. The molecule has 0 unspecified atom stereocenters. The van der Waals surface area contributed by atoms with Gasteiger partial charge < -0.3 is 9.80 Å². The van der Waals surface area contributed by atoms with Crippen molar-refractivity contribution in [1.82, 2.24) is 9.80 Å². The number of carbonyl (C=O) groups is 2. The molecular weight excluding hydrogens is 288 g/mol. The molecule has 0 aliphatic carbocycles. The summed E-state index contributed by atoms with van der Waals surface area (Å²) in [6.07, 6.45) is 6.00. The van der Waals surface area contributed by atoms with E-state index in [2.05, 4.69) is 12.1 Å². The lowest BCUT2D eigenvalue weighted by Gasteiger charge is -2.50. The Kier molecular flexibility index (Phi) is 4.69. The minimum atomic E-state index is -0.115. The lowest BCUT2D eigenvalue weighted by Crippen LogP contribution is -2.61. The Bertz CT molecular complexity index is 568. The summed E-state index contributed by atoms with van der Waals surface area (Å²) in [5, 5.41) is 0. The van der Waals surface area contributed by atoms with Crippen molar-refractivity contribution in [2.24, 2.45) is 0 Å². The maximum absolute atomic E-state index is 12.6.